The quantitative estimate of drug-likeness (QED) is 0.0715. The molecule has 0 unspecified atom stereocenters. The lowest BCUT2D eigenvalue weighted by Crippen LogP contribution is -2.26. The number of rotatable bonds is 34. The summed E-state index contributed by atoms with van der Waals surface area (Å²) in [6, 6.07) is 0. The Bertz CT molecular complexity index is 502. The van der Waals surface area contributed by atoms with E-state index in [-0.39, 0.29) is 5.91 Å². The molecular formula is C38H75NO. The van der Waals surface area contributed by atoms with Crippen molar-refractivity contribution in [1.29, 1.82) is 0 Å². The lowest BCUT2D eigenvalue weighted by molar-refractivity contribution is -0.128. The smallest absolute Gasteiger partial charge is 0.226 e. The molecule has 238 valence electrons. The average molecular weight is 562 g/mol. The molecule has 40 heavy (non-hydrogen) atoms. The van der Waals surface area contributed by atoms with Crippen LogP contribution >= 0.6 is 0 Å². The van der Waals surface area contributed by atoms with Crippen LogP contribution in [-0.4, -0.2) is 17.4 Å². The van der Waals surface area contributed by atoms with Crippen molar-refractivity contribution in [3.8, 4) is 0 Å². The molecule has 0 bridgehead atoms. The highest BCUT2D eigenvalue weighted by molar-refractivity contribution is 5.77. The van der Waals surface area contributed by atoms with Gasteiger partial charge in [-0.05, 0) is 19.0 Å². The molecule has 0 atom stereocenters. The van der Waals surface area contributed by atoms with Crippen LogP contribution < -0.4 is 0 Å². The predicted octanol–water partition coefficient (Wildman–Crippen LogP) is 13.5. The Kier molecular flexibility index (Phi) is 33.7. The zero-order chi connectivity index (χ0) is 29.2. The van der Waals surface area contributed by atoms with Gasteiger partial charge >= 0.3 is 0 Å². The molecule has 0 aliphatic heterocycles. The number of unbranched alkanes of at least 4 members (excludes halogenated alkanes) is 29. The van der Waals surface area contributed by atoms with Crippen molar-refractivity contribution >= 4 is 5.91 Å². The van der Waals surface area contributed by atoms with E-state index < -0.39 is 0 Å². The number of carbonyl (C=O) groups excluding carboxylic acids is 1. The van der Waals surface area contributed by atoms with Gasteiger partial charge in [-0.15, -0.1) is 0 Å². The zero-order valence-electron chi connectivity index (χ0n) is 28.0. The van der Waals surface area contributed by atoms with E-state index >= 15 is 0 Å². The van der Waals surface area contributed by atoms with E-state index in [9.17, 15) is 4.79 Å². The fourth-order valence-electron chi connectivity index (χ4n) is 5.94. The van der Waals surface area contributed by atoms with E-state index in [4.69, 9.17) is 0 Å². The summed E-state index contributed by atoms with van der Waals surface area (Å²) >= 11 is 0. The monoisotopic (exact) mass is 562 g/mol. The second-order valence-corrected chi connectivity index (χ2v) is 12.8. The Morgan fingerprint density at radius 2 is 0.675 bits per heavy atom. The summed E-state index contributed by atoms with van der Waals surface area (Å²) in [4.78, 5) is 14.4. The van der Waals surface area contributed by atoms with Gasteiger partial charge in [-0.1, -0.05) is 207 Å². The van der Waals surface area contributed by atoms with Crippen molar-refractivity contribution in [2.24, 2.45) is 0 Å². The Hall–Kier alpha value is -0.790. The molecule has 1 amide bonds. The van der Waals surface area contributed by atoms with Gasteiger partial charge in [0.05, 0.1) is 0 Å². The van der Waals surface area contributed by atoms with Gasteiger partial charge in [-0.2, -0.15) is 0 Å². The molecule has 0 saturated heterocycles. The third-order valence-corrected chi connectivity index (χ3v) is 8.79. The van der Waals surface area contributed by atoms with E-state index in [0.717, 1.165) is 19.4 Å². The maximum Gasteiger partial charge on any atom is 0.226 e. The number of carbonyl (C=O) groups is 1. The van der Waals surface area contributed by atoms with Crippen LogP contribution in [0.15, 0.2) is 12.8 Å². The van der Waals surface area contributed by atoms with E-state index in [1.807, 2.05) is 4.90 Å². The third-order valence-electron chi connectivity index (χ3n) is 8.79. The van der Waals surface area contributed by atoms with Crippen molar-refractivity contribution < 1.29 is 4.79 Å². The summed E-state index contributed by atoms with van der Waals surface area (Å²) in [5, 5.41) is 0. The molecule has 0 aromatic carbocycles. The minimum absolute atomic E-state index is 0.283. The third kappa shape index (κ3) is 30.2. The molecule has 2 heteroatoms. The Balaban J connectivity index is 3.39. The Labute approximate surface area is 253 Å². The molecule has 0 rings (SSSR count). The largest absolute Gasteiger partial charge is 0.320 e. The number of hydrogen-bond acceptors (Lipinski definition) is 1. The summed E-state index contributed by atoms with van der Waals surface area (Å²) in [7, 11) is 0. The van der Waals surface area contributed by atoms with Crippen LogP contribution in [0.25, 0.3) is 0 Å². The zero-order valence-corrected chi connectivity index (χ0v) is 28.0. The minimum Gasteiger partial charge on any atom is -0.320 e. The standard InChI is InChI=1S/C38H75NO/c1-4-7-9-11-13-15-17-19-21-23-25-27-29-31-33-35-37-39(6-3)38(40)36-34-32-30-28-26-24-22-20-18-16-14-12-10-8-5-2/h6H,3-5,7-37H2,1-2H3. The summed E-state index contributed by atoms with van der Waals surface area (Å²) in [5.74, 6) is 0.283. The van der Waals surface area contributed by atoms with Crippen molar-refractivity contribution in [3.63, 3.8) is 0 Å². The first-order chi connectivity index (χ1) is 19.8. The normalized spacial score (nSPS) is 11.2. The maximum atomic E-state index is 12.6. The van der Waals surface area contributed by atoms with Gasteiger partial charge in [0.2, 0.25) is 5.91 Å². The highest BCUT2D eigenvalue weighted by Gasteiger charge is 2.09. The van der Waals surface area contributed by atoms with Crippen LogP contribution in [0.3, 0.4) is 0 Å². The predicted molar refractivity (Wildman–Crippen MR) is 181 cm³/mol. The van der Waals surface area contributed by atoms with Gasteiger partial charge in [0.25, 0.3) is 0 Å². The first-order valence-electron chi connectivity index (χ1n) is 18.7. The molecule has 0 aromatic heterocycles. The lowest BCUT2D eigenvalue weighted by atomic mass is 10.0. The van der Waals surface area contributed by atoms with E-state index in [0.29, 0.717) is 6.42 Å². The fourth-order valence-corrected chi connectivity index (χ4v) is 5.94. The summed E-state index contributed by atoms with van der Waals surface area (Å²) in [6.07, 6.45) is 45.1. The van der Waals surface area contributed by atoms with Crippen molar-refractivity contribution in [1.82, 2.24) is 4.90 Å². The van der Waals surface area contributed by atoms with E-state index in [1.54, 1.807) is 6.20 Å². The molecule has 0 spiro atoms. The molecule has 0 heterocycles. The average Bonchev–Trinajstić information content (AvgIpc) is 2.96. The number of hydrogen-bond donors (Lipinski definition) is 0. The molecule has 2 nitrogen and oxygen atoms in total. The van der Waals surface area contributed by atoms with Crippen LogP contribution in [0.1, 0.15) is 219 Å². The second-order valence-electron chi connectivity index (χ2n) is 12.8. The molecule has 0 saturated carbocycles. The van der Waals surface area contributed by atoms with Crippen LogP contribution in [-0.2, 0) is 4.79 Å². The van der Waals surface area contributed by atoms with Gasteiger partial charge < -0.3 is 4.90 Å². The summed E-state index contributed by atoms with van der Waals surface area (Å²) in [5.41, 5.74) is 0. The highest BCUT2D eigenvalue weighted by atomic mass is 16.2. The van der Waals surface area contributed by atoms with Crippen LogP contribution in [0, 0.1) is 0 Å². The second kappa shape index (κ2) is 34.4. The topological polar surface area (TPSA) is 20.3 Å². The van der Waals surface area contributed by atoms with Gasteiger partial charge in [-0.3, -0.25) is 4.79 Å². The lowest BCUT2D eigenvalue weighted by Gasteiger charge is -2.18. The molecule has 0 fully saturated rings. The van der Waals surface area contributed by atoms with Crippen molar-refractivity contribution in [2.45, 2.75) is 219 Å². The molecule has 0 radical (unpaired) electrons. The van der Waals surface area contributed by atoms with Crippen LogP contribution in [0.4, 0.5) is 0 Å². The van der Waals surface area contributed by atoms with E-state index in [1.165, 1.54) is 186 Å². The van der Waals surface area contributed by atoms with Gasteiger partial charge in [-0.25, -0.2) is 0 Å². The minimum atomic E-state index is 0.283. The SMILES string of the molecule is C=CN(CCCCCCCCCCCCCCCCCC)C(=O)CCCCCCCCCCCCCCCCC. The van der Waals surface area contributed by atoms with Crippen LogP contribution in [0.2, 0.25) is 0 Å². The Morgan fingerprint density at radius 3 is 0.950 bits per heavy atom. The van der Waals surface area contributed by atoms with Crippen molar-refractivity contribution in [2.75, 3.05) is 6.54 Å². The van der Waals surface area contributed by atoms with E-state index in [2.05, 4.69) is 20.4 Å². The van der Waals surface area contributed by atoms with Gasteiger partial charge in [0.1, 0.15) is 0 Å². The summed E-state index contributed by atoms with van der Waals surface area (Å²) in [6.45, 7) is 9.35. The van der Waals surface area contributed by atoms with Gasteiger partial charge in [0, 0.05) is 13.0 Å². The van der Waals surface area contributed by atoms with Gasteiger partial charge in [0.15, 0.2) is 0 Å². The first-order valence-corrected chi connectivity index (χ1v) is 18.7. The number of amides is 1. The Morgan fingerprint density at radius 1 is 0.425 bits per heavy atom. The van der Waals surface area contributed by atoms with Crippen LogP contribution in [0.5, 0.6) is 0 Å². The highest BCUT2D eigenvalue weighted by Crippen LogP contribution is 2.16. The fraction of sp³-hybridized carbons (Fsp3) is 0.921. The molecule has 0 aliphatic rings. The summed E-state index contributed by atoms with van der Waals surface area (Å²) < 4.78 is 0. The molecule has 0 aromatic rings. The molecule has 0 N–H and O–H groups in total. The molecule has 0 aliphatic carbocycles. The first kappa shape index (κ1) is 39.2. The van der Waals surface area contributed by atoms with Crippen molar-refractivity contribution in [3.05, 3.63) is 12.8 Å². The molecular weight excluding hydrogens is 486 g/mol. The maximum absolute atomic E-state index is 12.6. The number of nitrogens with zero attached hydrogens (tertiary/aromatic N) is 1.